The lowest BCUT2D eigenvalue weighted by Gasteiger charge is -2.16. The molecule has 2 aromatic rings. The molecule has 0 saturated carbocycles. The van der Waals surface area contributed by atoms with Crippen molar-refractivity contribution in [2.24, 2.45) is 5.73 Å². The predicted molar refractivity (Wildman–Crippen MR) is 63.4 cm³/mol. The van der Waals surface area contributed by atoms with Crippen molar-refractivity contribution in [3.63, 3.8) is 0 Å². The zero-order chi connectivity index (χ0) is 12.3. The Hall–Kier alpha value is -1.90. The lowest BCUT2D eigenvalue weighted by Crippen LogP contribution is -2.21. The van der Waals surface area contributed by atoms with Gasteiger partial charge in [0.15, 0.2) is 0 Å². The topological polar surface area (TPSA) is 80.5 Å². The van der Waals surface area contributed by atoms with E-state index in [0.717, 1.165) is 5.56 Å². The van der Waals surface area contributed by atoms with Crippen molar-refractivity contribution in [3.05, 3.63) is 47.0 Å². The highest BCUT2D eigenvalue weighted by Gasteiger charge is 2.16. The van der Waals surface area contributed by atoms with Gasteiger partial charge < -0.3 is 5.73 Å². The van der Waals surface area contributed by atoms with E-state index in [1.807, 2.05) is 24.3 Å². The molecule has 1 atom stereocenters. The summed E-state index contributed by atoms with van der Waals surface area (Å²) in [5.74, 6) is 0.121. The van der Waals surface area contributed by atoms with Crippen LogP contribution in [0.2, 0.25) is 5.02 Å². The Kier molecular flexibility index (Phi) is 3.38. The van der Waals surface area contributed by atoms with Crippen LogP contribution >= 0.6 is 11.6 Å². The molecule has 0 amide bonds. The molecule has 0 aliphatic carbocycles. The van der Waals surface area contributed by atoms with Crippen molar-refractivity contribution in [2.75, 3.05) is 6.54 Å². The molecule has 1 aromatic carbocycles. The summed E-state index contributed by atoms with van der Waals surface area (Å²) in [5, 5.41) is 13.3. The molecule has 0 radical (unpaired) electrons. The number of aromatic nitrogens is 3. The molecular weight excluding hydrogens is 238 g/mol. The molecule has 0 fully saturated rings. The summed E-state index contributed by atoms with van der Waals surface area (Å²) in [5.41, 5.74) is 6.59. The van der Waals surface area contributed by atoms with Crippen LogP contribution in [0.4, 0.5) is 0 Å². The van der Waals surface area contributed by atoms with Crippen molar-refractivity contribution >= 4 is 11.6 Å². The van der Waals surface area contributed by atoms with Crippen molar-refractivity contribution < 1.29 is 0 Å². The number of nitrogens with two attached hydrogens (primary N) is 1. The minimum Gasteiger partial charge on any atom is -0.328 e. The van der Waals surface area contributed by atoms with E-state index >= 15 is 0 Å². The fraction of sp³-hybridized carbons (Fsp3) is 0.182. The zero-order valence-corrected chi connectivity index (χ0v) is 9.67. The van der Waals surface area contributed by atoms with E-state index in [9.17, 15) is 0 Å². The number of nitrogens with zero attached hydrogens (tertiary/aromatic N) is 4. The third kappa shape index (κ3) is 2.28. The van der Waals surface area contributed by atoms with E-state index in [4.69, 9.17) is 22.6 Å². The van der Waals surface area contributed by atoms with Gasteiger partial charge in [0, 0.05) is 11.6 Å². The van der Waals surface area contributed by atoms with Gasteiger partial charge in [0.05, 0.1) is 6.04 Å². The predicted octanol–water partition coefficient (Wildman–Crippen LogP) is 1.35. The van der Waals surface area contributed by atoms with Gasteiger partial charge in [0.25, 0.3) is 5.82 Å². The van der Waals surface area contributed by atoms with Crippen molar-refractivity contribution in [2.45, 2.75) is 6.04 Å². The average Bonchev–Trinajstić information content (AvgIpc) is 2.81. The summed E-state index contributed by atoms with van der Waals surface area (Å²) in [6, 6.07) is 9.07. The van der Waals surface area contributed by atoms with E-state index in [0.29, 0.717) is 11.6 Å². The summed E-state index contributed by atoms with van der Waals surface area (Å²) >= 11 is 6.11. The fourth-order valence-electron chi connectivity index (χ4n) is 1.60. The summed E-state index contributed by atoms with van der Waals surface area (Å²) < 4.78 is 1.56. The SMILES string of the molecule is N#Cc1ncn(C(CN)c2ccccc2Cl)n1. The largest absolute Gasteiger partial charge is 0.328 e. The highest BCUT2D eigenvalue weighted by Crippen LogP contribution is 2.24. The van der Waals surface area contributed by atoms with Gasteiger partial charge in [-0.15, -0.1) is 5.10 Å². The molecule has 1 heterocycles. The van der Waals surface area contributed by atoms with Gasteiger partial charge in [-0.25, -0.2) is 9.67 Å². The molecule has 0 saturated heterocycles. The van der Waals surface area contributed by atoms with Gasteiger partial charge in [-0.05, 0) is 11.6 Å². The Labute approximate surface area is 103 Å². The smallest absolute Gasteiger partial charge is 0.252 e. The Morgan fingerprint density at radius 3 is 2.82 bits per heavy atom. The van der Waals surface area contributed by atoms with E-state index in [1.165, 1.54) is 6.33 Å². The lowest BCUT2D eigenvalue weighted by molar-refractivity contribution is 0.529. The Balaban J connectivity index is 2.41. The number of hydrogen-bond acceptors (Lipinski definition) is 4. The van der Waals surface area contributed by atoms with E-state index in [-0.39, 0.29) is 11.9 Å². The van der Waals surface area contributed by atoms with Crippen LogP contribution < -0.4 is 5.73 Å². The minimum absolute atomic E-state index is 0.121. The Morgan fingerprint density at radius 2 is 2.24 bits per heavy atom. The maximum atomic E-state index is 8.68. The van der Waals surface area contributed by atoms with Gasteiger partial charge in [-0.2, -0.15) is 5.26 Å². The van der Waals surface area contributed by atoms with Crippen LogP contribution in [0, 0.1) is 11.3 Å². The van der Waals surface area contributed by atoms with Crippen LogP contribution in [-0.4, -0.2) is 21.3 Å². The first-order chi connectivity index (χ1) is 8.26. The van der Waals surface area contributed by atoms with E-state index in [1.54, 1.807) is 10.7 Å². The molecule has 0 bridgehead atoms. The number of rotatable bonds is 3. The average molecular weight is 248 g/mol. The van der Waals surface area contributed by atoms with Crippen LogP contribution in [-0.2, 0) is 0 Å². The molecule has 17 heavy (non-hydrogen) atoms. The number of benzene rings is 1. The highest BCUT2D eigenvalue weighted by atomic mass is 35.5. The van der Waals surface area contributed by atoms with Crippen molar-refractivity contribution in [3.8, 4) is 6.07 Å². The fourth-order valence-corrected chi connectivity index (χ4v) is 1.86. The molecule has 0 aliphatic rings. The molecule has 0 aliphatic heterocycles. The molecule has 86 valence electrons. The molecule has 2 N–H and O–H groups in total. The third-order valence-corrected chi connectivity index (χ3v) is 2.76. The van der Waals surface area contributed by atoms with Gasteiger partial charge in [-0.1, -0.05) is 29.8 Å². The second-order valence-electron chi connectivity index (χ2n) is 3.43. The highest BCUT2D eigenvalue weighted by molar-refractivity contribution is 6.31. The van der Waals surface area contributed by atoms with Crippen LogP contribution in [0.5, 0.6) is 0 Å². The van der Waals surface area contributed by atoms with E-state index in [2.05, 4.69) is 10.1 Å². The lowest BCUT2D eigenvalue weighted by atomic mass is 10.1. The molecule has 6 heteroatoms. The van der Waals surface area contributed by atoms with Crippen LogP contribution in [0.25, 0.3) is 0 Å². The van der Waals surface area contributed by atoms with Crippen LogP contribution in [0.1, 0.15) is 17.4 Å². The van der Waals surface area contributed by atoms with Crippen molar-refractivity contribution in [1.29, 1.82) is 5.26 Å². The first-order valence-electron chi connectivity index (χ1n) is 5.02. The summed E-state index contributed by atoms with van der Waals surface area (Å²) in [6.45, 7) is 0.331. The monoisotopic (exact) mass is 247 g/mol. The molecule has 5 nitrogen and oxygen atoms in total. The second-order valence-corrected chi connectivity index (χ2v) is 3.84. The zero-order valence-electron chi connectivity index (χ0n) is 8.92. The Morgan fingerprint density at radius 1 is 1.47 bits per heavy atom. The quantitative estimate of drug-likeness (QED) is 0.888. The normalized spacial score (nSPS) is 12.1. The maximum absolute atomic E-state index is 8.68. The first kappa shape index (κ1) is 11.6. The molecule has 1 unspecified atom stereocenters. The van der Waals surface area contributed by atoms with Crippen molar-refractivity contribution in [1.82, 2.24) is 14.8 Å². The van der Waals surface area contributed by atoms with Gasteiger partial charge in [0.2, 0.25) is 0 Å². The molecular formula is C11H10ClN5. The van der Waals surface area contributed by atoms with Gasteiger partial charge >= 0.3 is 0 Å². The van der Waals surface area contributed by atoms with Gasteiger partial charge in [-0.3, -0.25) is 0 Å². The maximum Gasteiger partial charge on any atom is 0.252 e. The van der Waals surface area contributed by atoms with Crippen LogP contribution in [0.3, 0.4) is 0 Å². The molecule has 0 spiro atoms. The first-order valence-corrected chi connectivity index (χ1v) is 5.39. The minimum atomic E-state index is -0.210. The summed E-state index contributed by atoms with van der Waals surface area (Å²) in [4.78, 5) is 3.85. The number of nitriles is 1. The van der Waals surface area contributed by atoms with Gasteiger partial charge in [0.1, 0.15) is 12.4 Å². The molecule has 2 rings (SSSR count). The number of halogens is 1. The summed E-state index contributed by atoms with van der Waals surface area (Å²) in [6.07, 6.45) is 1.49. The number of hydrogen-bond donors (Lipinski definition) is 1. The third-order valence-electron chi connectivity index (χ3n) is 2.42. The Bertz CT molecular complexity index is 557. The second kappa shape index (κ2) is 4.95. The standard InChI is InChI=1S/C11H10ClN5/c12-9-4-2-1-3-8(9)10(5-13)17-7-15-11(6-14)16-17/h1-4,7,10H,5,13H2. The van der Waals surface area contributed by atoms with Crippen LogP contribution in [0.15, 0.2) is 30.6 Å². The summed E-state index contributed by atoms with van der Waals surface area (Å²) in [7, 11) is 0. The van der Waals surface area contributed by atoms with E-state index < -0.39 is 0 Å². The molecule has 1 aromatic heterocycles.